The molecule has 0 radical (unpaired) electrons. The highest BCUT2D eigenvalue weighted by atomic mass is 32.2. The first kappa shape index (κ1) is 16.4. The van der Waals surface area contributed by atoms with E-state index in [0.29, 0.717) is 11.3 Å². The fourth-order valence-electron chi connectivity index (χ4n) is 2.51. The number of hydrogen-bond acceptors (Lipinski definition) is 2. The number of rotatable bonds is 3. The number of nitrogens with zero attached hydrogens (tertiary/aromatic N) is 1. The van der Waals surface area contributed by atoms with Gasteiger partial charge in [0.05, 0.1) is 16.3 Å². The molecule has 0 aliphatic rings. The number of hydrogen-bond donors (Lipinski definition) is 1. The second-order valence-corrected chi connectivity index (χ2v) is 7.00. The van der Waals surface area contributed by atoms with E-state index in [9.17, 15) is 17.2 Å². The van der Waals surface area contributed by atoms with Crippen LogP contribution in [0.1, 0.15) is 5.56 Å². The van der Waals surface area contributed by atoms with E-state index in [1.54, 1.807) is 22.9 Å². The van der Waals surface area contributed by atoms with Gasteiger partial charge in [-0.25, -0.2) is 22.3 Å². The van der Waals surface area contributed by atoms with Gasteiger partial charge >= 0.3 is 0 Å². The SMILES string of the molecule is Cc1cc(-c2ccc(S(N)(=O)=O)cc2)n(-c2ccc(F)cc2F)c1. The van der Waals surface area contributed by atoms with Crippen molar-refractivity contribution in [2.45, 2.75) is 11.8 Å². The van der Waals surface area contributed by atoms with Gasteiger partial charge in [0.2, 0.25) is 10.0 Å². The molecule has 2 aromatic carbocycles. The quantitative estimate of drug-likeness (QED) is 0.789. The van der Waals surface area contributed by atoms with Crippen LogP contribution in [0.4, 0.5) is 8.78 Å². The largest absolute Gasteiger partial charge is 0.314 e. The Labute approximate surface area is 138 Å². The first-order valence-electron chi connectivity index (χ1n) is 7.03. The molecule has 2 N–H and O–H groups in total. The summed E-state index contributed by atoms with van der Waals surface area (Å²) in [5.41, 5.74) is 2.41. The molecule has 0 unspecified atom stereocenters. The molecule has 0 bridgehead atoms. The Hall–Kier alpha value is -2.51. The van der Waals surface area contributed by atoms with E-state index in [1.807, 2.05) is 13.0 Å². The van der Waals surface area contributed by atoms with Gasteiger partial charge in [0, 0.05) is 12.3 Å². The van der Waals surface area contributed by atoms with Crippen molar-refractivity contribution in [3.05, 3.63) is 71.9 Å². The Bertz CT molecular complexity index is 1010. The van der Waals surface area contributed by atoms with Crippen LogP contribution in [0.5, 0.6) is 0 Å². The molecule has 3 aromatic rings. The van der Waals surface area contributed by atoms with Crippen LogP contribution in [0.2, 0.25) is 0 Å². The Morgan fingerprint density at radius 3 is 2.25 bits per heavy atom. The van der Waals surface area contributed by atoms with Crippen LogP contribution in [0.3, 0.4) is 0 Å². The lowest BCUT2D eigenvalue weighted by Gasteiger charge is -2.11. The molecule has 0 atom stereocenters. The van der Waals surface area contributed by atoms with Gasteiger partial charge in [-0.2, -0.15) is 0 Å². The zero-order chi connectivity index (χ0) is 17.5. The number of aromatic nitrogens is 1. The van der Waals surface area contributed by atoms with Crippen molar-refractivity contribution in [3.63, 3.8) is 0 Å². The van der Waals surface area contributed by atoms with Gasteiger partial charge in [0.25, 0.3) is 0 Å². The molecule has 4 nitrogen and oxygen atoms in total. The Morgan fingerprint density at radius 2 is 1.67 bits per heavy atom. The topological polar surface area (TPSA) is 65.1 Å². The lowest BCUT2D eigenvalue weighted by atomic mass is 10.1. The van der Waals surface area contributed by atoms with Crippen LogP contribution in [0, 0.1) is 18.6 Å². The average Bonchev–Trinajstić information content (AvgIpc) is 2.88. The van der Waals surface area contributed by atoms with Crippen LogP contribution >= 0.6 is 0 Å². The minimum absolute atomic E-state index is 0.00552. The molecule has 3 rings (SSSR count). The second kappa shape index (κ2) is 5.85. The number of sulfonamides is 1. The second-order valence-electron chi connectivity index (χ2n) is 5.44. The van der Waals surface area contributed by atoms with E-state index >= 15 is 0 Å². The summed E-state index contributed by atoms with van der Waals surface area (Å²) in [6.45, 7) is 1.85. The predicted molar refractivity (Wildman–Crippen MR) is 87.2 cm³/mol. The highest BCUT2D eigenvalue weighted by Gasteiger charge is 2.14. The number of nitrogens with two attached hydrogens (primary N) is 1. The lowest BCUT2D eigenvalue weighted by molar-refractivity contribution is 0.578. The summed E-state index contributed by atoms with van der Waals surface area (Å²) in [6, 6.07) is 11.1. The predicted octanol–water partition coefficient (Wildman–Crippen LogP) is 3.38. The zero-order valence-electron chi connectivity index (χ0n) is 12.7. The third-order valence-electron chi connectivity index (χ3n) is 3.60. The van der Waals surface area contributed by atoms with E-state index in [0.717, 1.165) is 11.6 Å². The van der Waals surface area contributed by atoms with Crippen LogP contribution in [-0.2, 0) is 10.0 Å². The van der Waals surface area contributed by atoms with Crippen molar-refractivity contribution in [1.29, 1.82) is 0 Å². The van der Waals surface area contributed by atoms with Gasteiger partial charge in [-0.1, -0.05) is 12.1 Å². The molecule has 0 fully saturated rings. The minimum Gasteiger partial charge on any atom is -0.314 e. The molecule has 0 aliphatic heterocycles. The van der Waals surface area contributed by atoms with E-state index < -0.39 is 21.7 Å². The molecule has 0 spiro atoms. The highest BCUT2D eigenvalue weighted by molar-refractivity contribution is 7.89. The van der Waals surface area contributed by atoms with Gasteiger partial charge in [-0.05, 0) is 48.4 Å². The lowest BCUT2D eigenvalue weighted by Crippen LogP contribution is -2.11. The summed E-state index contributed by atoms with van der Waals surface area (Å²) in [4.78, 5) is -0.00552. The third-order valence-corrected chi connectivity index (χ3v) is 4.53. The number of halogens is 2. The van der Waals surface area contributed by atoms with Gasteiger partial charge in [0.15, 0.2) is 0 Å². The van der Waals surface area contributed by atoms with Crippen LogP contribution in [-0.4, -0.2) is 13.0 Å². The van der Waals surface area contributed by atoms with Gasteiger partial charge in [-0.15, -0.1) is 0 Å². The standard InChI is InChI=1S/C17H14F2N2O2S/c1-11-8-17(12-2-5-14(6-3-12)24(20,22)23)21(10-11)16-7-4-13(18)9-15(16)19/h2-10H,1H3,(H2,20,22,23). The summed E-state index contributed by atoms with van der Waals surface area (Å²) in [7, 11) is -3.78. The van der Waals surface area contributed by atoms with E-state index in [2.05, 4.69) is 0 Å². The minimum atomic E-state index is -3.78. The molecular weight excluding hydrogens is 334 g/mol. The van der Waals surface area contributed by atoms with E-state index in [4.69, 9.17) is 5.14 Å². The van der Waals surface area contributed by atoms with Crippen molar-refractivity contribution in [2.75, 3.05) is 0 Å². The summed E-state index contributed by atoms with van der Waals surface area (Å²) in [5.74, 6) is -1.34. The molecule has 1 aromatic heterocycles. The number of primary sulfonamides is 1. The summed E-state index contributed by atoms with van der Waals surface area (Å²) >= 11 is 0. The van der Waals surface area contributed by atoms with Gasteiger partial charge in [-0.3, -0.25) is 0 Å². The Kier molecular flexibility index (Phi) is 3.98. The molecule has 7 heteroatoms. The van der Waals surface area contributed by atoms with E-state index in [-0.39, 0.29) is 10.6 Å². The van der Waals surface area contributed by atoms with Crippen molar-refractivity contribution in [1.82, 2.24) is 4.57 Å². The average molecular weight is 348 g/mol. The molecule has 0 aliphatic carbocycles. The summed E-state index contributed by atoms with van der Waals surface area (Å²) in [6.07, 6.45) is 1.72. The maximum Gasteiger partial charge on any atom is 0.238 e. The fourth-order valence-corrected chi connectivity index (χ4v) is 3.02. The maximum atomic E-state index is 14.1. The summed E-state index contributed by atoms with van der Waals surface area (Å²) < 4.78 is 51.5. The van der Waals surface area contributed by atoms with Crippen LogP contribution in [0.25, 0.3) is 16.9 Å². The van der Waals surface area contributed by atoms with Gasteiger partial charge in [0.1, 0.15) is 11.6 Å². The van der Waals surface area contributed by atoms with Gasteiger partial charge < -0.3 is 4.57 Å². The van der Waals surface area contributed by atoms with Crippen LogP contribution < -0.4 is 5.14 Å². The first-order chi connectivity index (χ1) is 11.3. The fraction of sp³-hybridized carbons (Fsp3) is 0.0588. The monoisotopic (exact) mass is 348 g/mol. The third kappa shape index (κ3) is 3.08. The maximum absolute atomic E-state index is 14.1. The molecular formula is C17H14F2N2O2S. The van der Waals surface area contributed by atoms with Crippen LogP contribution in [0.15, 0.2) is 59.6 Å². The van der Waals surface area contributed by atoms with Crippen molar-refractivity contribution in [3.8, 4) is 16.9 Å². The van der Waals surface area contributed by atoms with E-state index in [1.165, 1.54) is 24.3 Å². The Morgan fingerprint density at radius 1 is 1.00 bits per heavy atom. The smallest absolute Gasteiger partial charge is 0.238 e. The van der Waals surface area contributed by atoms with Crippen molar-refractivity contribution < 1.29 is 17.2 Å². The summed E-state index contributed by atoms with van der Waals surface area (Å²) in [5, 5.41) is 5.09. The molecule has 0 amide bonds. The molecule has 0 saturated carbocycles. The van der Waals surface area contributed by atoms with Crippen molar-refractivity contribution >= 4 is 10.0 Å². The molecule has 124 valence electrons. The number of benzene rings is 2. The molecule has 1 heterocycles. The zero-order valence-corrected chi connectivity index (χ0v) is 13.5. The Balaban J connectivity index is 2.13. The molecule has 0 saturated heterocycles. The normalized spacial score (nSPS) is 11.7. The number of aryl methyl sites for hydroxylation is 1. The highest BCUT2D eigenvalue weighted by Crippen LogP contribution is 2.28. The van der Waals surface area contributed by atoms with Crippen molar-refractivity contribution in [2.24, 2.45) is 5.14 Å². The first-order valence-corrected chi connectivity index (χ1v) is 8.58. The molecule has 24 heavy (non-hydrogen) atoms.